The van der Waals surface area contributed by atoms with Crippen molar-refractivity contribution in [2.45, 2.75) is 59.0 Å². The summed E-state index contributed by atoms with van der Waals surface area (Å²) < 4.78 is 0. The number of hydrogen-bond acceptors (Lipinski definition) is 7. The number of rotatable bonds is 6. The standard InChI is InChI=1S/C15H26N2O7/c1-9(2)13(20)24-16-14(3,4)7-10(12(18)19)11(15(16,5)6)8-23-17(21)22/h9-11H,7-8H2,1-6H3,(H,18,19). The summed E-state index contributed by atoms with van der Waals surface area (Å²) in [6, 6.07) is 0. The zero-order chi connectivity index (χ0) is 18.9. The van der Waals surface area contributed by atoms with Gasteiger partial charge < -0.3 is 14.8 Å². The number of aliphatic carboxylic acids is 1. The first kappa shape index (κ1) is 20.1. The summed E-state index contributed by atoms with van der Waals surface area (Å²) in [5.41, 5.74) is -1.71. The van der Waals surface area contributed by atoms with Crippen molar-refractivity contribution in [1.29, 1.82) is 0 Å². The molecule has 0 aromatic carbocycles. The Morgan fingerprint density at radius 2 is 1.88 bits per heavy atom. The number of hydroxylamine groups is 2. The quantitative estimate of drug-likeness (QED) is 0.572. The van der Waals surface area contributed by atoms with Crippen LogP contribution < -0.4 is 0 Å². The summed E-state index contributed by atoms with van der Waals surface area (Å²) in [6.07, 6.45) is 0.170. The molecule has 0 aliphatic carbocycles. The Morgan fingerprint density at radius 1 is 1.33 bits per heavy atom. The van der Waals surface area contributed by atoms with E-state index < -0.39 is 39.9 Å². The molecule has 2 atom stereocenters. The molecule has 1 saturated heterocycles. The van der Waals surface area contributed by atoms with Crippen LogP contribution in [0.2, 0.25) is 0 Å². The largest absolute Gasteiger partial charge is 0.481 e. The second-order valence-corrected chi connectivity index (χ2v) is 7.60. The van der Waals surface area contributed by atoms with E-state index in [0.717, 1.165) is 0 Å². The maximum atomic E-state index is 12.1. The molecule has 1 fully saturated rings. The molecule has 138 valence electrons. The van der Waals surface area contributed by atoms with E-state index in [1.54, 1.807) is 41.5 Å². The van der Waals surface area contributed by atoms with Crippen LogP contribution in [0.4, 0.5) is 0 Å². The summed E-state index contributed by atoms with van der Waals surface area (Å²) in [6.45, 7) is 9.96. The second-order valence-electron chi connectivity index (χ2n) is 7.60. The van der Waals surface area contributed by atoms with Crippen molar-refractivity contribution in [2.24, 2.45) is 17.8 Å². The van der Waals surface area contributed by atoms with Crippen LogP contribution in [0.1, 0.15) is 48.0 Å². The number of hydrogen-bond donors (Lipinski definition) is 1. The van der Waals surface area contributed by atoms with Crippen molar-refractivity contribution in [1.82, 2.24) is 5.06 Å². The Kier molecular flexibility index (Phi) is 5.81. The molecule has 0 saturated carbocycles. The minimum absolute atomic E-state index is 0.170. The van der Waals surface area contributed by atoms with Gasteiger partial charge in [0.2, 0.25) is 0 Å². The van der Waals surface area contributed by atoms with Gasteiger partial charge in [-0.15, -0.1) is 15.2 Å². The highest BCUT2D eigenvalue weighted by Crippen LogP contribution is 2.46. The fraction of sp³-hybridized carbons (Fsp3) is 0.867. The Labute approximate surface area is 141 Å². The van der Waals surface area contributed by atoms with Crippen molar-refractivity contribution in [3.63, 3.8) is 0 Å². The lowest BCUT2D eigenvalue weighted by Crippen LogP contribution is -2.67. The fourth-order valence-electron chi connectivity index (χ4n) is 3.34. The zero-order valence-electron chi connectivity index (χ0n) is 14.9. The zero-order valence-corrected chi connectivity index (χ0v) is 14.9. The van der Waals surface area contributed by atoms with Crippen molar-refractivity contribution in [2.75, 3.05) is 6.61 Å². The van der Waals surface area contributed by atoms with E-state index in [9.17, 15) is 24.8 Å². The van der Waals surface area contributed by atoms with Crippen LogP contribution in [0.3, 0.4) is 0 Å². The van der Waals surface area contributed by atoms with Gasteiger partial charge in [-0.2, -0.15) is 0 Å². The fourth-order valence-corrected chi connectivity index (χ4v) is 3.34. The lowest BCUT2D eigenvalue weighted by molar-refractivity contribution is -0.760. The van der Waals surface area contributed by atoms with E-state index >= 15 is 0 Å². The van der Waals surface area contributed by atoms with Gasteiger partial charge in [-0.1, -0.05) is 13.8 Å². The highest BCUT2D eigenvalue weighted by Gasteiger charge is 2.56. The van der Waals surface area contributed by atoms with Crippen LogP contribution in [0, 0.1) is 27.9 Å². The van der Waals surface area contributed by atoms with Crippen molar-refractivity contribution in [3.05, 3.63) is 10.1 Å². The molecule has 0 aromatic heterocycles. The van der Waals surface area contributed by atoms with E-state index in [0.29, 0.717) is 0 Å². The SMILES string of the molecule is CC(C)C(=O)ON1C(C)(C)CC(C(=O)O)C(CO[N+](=O)[O-])C1(C)C. The lowest BCUT2D eigenvalue weighted by Gasteiger charge is -2.56. The van der Waals surface area contributed by atoms with Crippen LogP contribution in [-0.4, -0.2) is 44.9 Å². The van der Waals surface area contributed by atoms with Gasteiger partial charge in [0, 0.05) is 5.92 Å². The smallest absolute Gasteiger partial charge is 0.327 e. The summed E-state index contributed by atoms with van der Waals surface area (Å²) in [5.74, 6) is -3.44. The van der Waals surface area contributed by atoms with E-state index in [2.05, 4.69) is 4.84 Å². The molecule has 0 amide bonds. The average molecular weight is 346 g/mol. The number of carbonyl (C=O) groups excluding carboxylic acids is 1. The average Bonchev–Trinajstić information content (AvgIpc) is 2.40. The minimum Gasteiger partial charge on any atom is -0.481 e. The molecule has 0 radical (unpaired) electrons. The third kappa shape index (κ3) is 4.14. The van der Waals surface area contributed by atoms with Crippen LogP contribution in [-0.2, 0) is 19.3 Å². The van der Waals surface area contributed by atoms with Gasteiger partial charge in [0.25, 0.3) is 5.09 Å². The number of carbonyl (C=O) groups is 2. The lowest BCUT2D eigenvalue weighted by atomic mass is 9.67. The highest BCUT2D eigenvalue weighted by atomic mass is 16.9. The number of piperidine rings is 1. The first-order chi connectivity index (χ1) is 10.8. The van der Waals surface area contributed by atoms with Gasteiger partial charge in [0.05, 0.1) is 22.9 Å². The molecule has 0 spiro atoms. The molecule has 0 bridgehead atoms. The molecular weight excluding hydrogens is 320 g/mol. The monoisotopic (exact) mass is 346 g/mol. The molecule has 9 nitrogen and oxygen atoms in total. The van der Waals surface area contributed by atoms with Crippen LogP contribution >= 0.6 is 0 Å². The Hall–Kier alpha value is -1.90. The molecular formula is C15H26N2O7. The predicted molar refractivity (Wildman–Crippen MR) is 83.1 cm³/mol. The third-order valence-corrected chi connectivity index (χ3v) is 4.52. The van der Waals surface area contributed by atoms with Crippen molar-refractivity contribution >= 4 is 11.9 Å². The Morgan fingerprint density at radius 3 is 2.29 bits per heavy atom. The Bertz CT molecular complexity index is 516. The molecule has 24 heavy (non-hydrogen) atoms. The highest BCUT2D eigenvalue weighted by molar-refractivity contribution is 5.72. The second kappa shape index (κ2) is 6.92. The normalized spacial score (nSPS) is 26.0. The Balaban J connectivity index is 3.21. The third-order valence-electron chi connectivity index (χ3n) is 4.52. The first-order valence-corrected chi connectivity index (χ1v) is 7.83. The minimum atomic E-state index is -1.05. The summed E-state index contributed by atoms with van der Waals surface area (Å²) in [5, 5.41) is 20.6. The summed E-state index contributed by atoms with van der Waals surface area (Å²) in [4.78, 5) is 44.3. The maximum absolute atomic E-state index is 12.1. The summed E-state index contributed by atoms with van der Waals surface area (Å²) in [7, 11) is 0. The van der Waals surface area contributed by atoms with E-state index in [-0.39, 0.29) is 18.9 Å². The molecule has 1 heterocycles. The van der Waals surface area contributed by atoms with Crippen LogP contribution in [0.15, 0.2) is 0 Å². The first-order valence-electron chi connectivity index (χ1n) is 7.83. The van der Waals surface area contributed by atoms with E-state index in [1.165, 1.54) is 5.06 Å². The molecule has 9 heteroatoms. The van der Waals surface area contributed by atoms with Gasteiger partial charge in [0.1, 0.15) is 6.61 Å². The van der Waals surface area contributed by atoms with Gasteiger partial charge >= 0.3 is 11.9 Å². The molecule has 1 aliphatic heterocycles. The molecule has 1 aliphatic rings. The topological polar surface area (TPSA) is 119 Å². The maximum Gasteiger partial charge on any atom is 0.327 e. The predicted octanol–water partition coefficient (Wildman–Crippen LogP) is 1.89. The van der Waals surface area contributed by atoms with Crippen LogP contribution in [0.5, 0.6) is 0 Å². The van der Waals surface area contributed by atoms with Crippen LogP contribution in [0.25, 0.3) is 0 Å². The molecule has 1 rings (SSSR count). The van der Waals surface area contributed by atoms with E-state index in [1.807, 2.05) is 0 Å². The van der Waals surface area contributed by atoms with E-state index in [4.69, 9.17) is 4.84 Å². The number of carboxylic acids is 1. The van der Waals surface area contributed by atoms with Gasteiger partial charge in [-0.25, -0.2) is 0 Å². The number of nitrogens with zero attached hydrogens (tertiary/aromatic N) is 2. The van der Waals surface area contributed by atoms with Gasteiger partial charge in [-0.3, -0.25) is 9.59 Å². The molecule has 0 aromatic rings. The molecule has 2 unspecified atom stereocenters. The molecule has 1 N–H and O–H groups in total. The summed E-state index contributed by atoms with van der Waals surface area (Å²) >= 11 is 0. The van der Waals surface area contributed by atoms with Crippen molar-refractivity contribution < 1.29 is 29.5 Å². The van der Waals surface area contributed by atoms with Gasteiger partial charge in [0.15, 0.2) is 0 Å². The number of carboxylic acid groups (broad SMARTS) is 1. The van der Waals surface area contributed by atoms with Crippen molar-refractivity contribution in [3.8, 4) is 0 Å². The van der Waals surface area contributed by atoms with Gasteiger partial charge in [-0.05, 0) is 34.1 Å².